The predicted octanol–water partition coefficient (Wildman–Crippen LogP) is 4.16. The van der Waals surface area contributed by atoms with Crippen molar-refractivity contribution in [1.82, 2.24) is 9.80 Å². The fourth-order valence-electron chi connectivity index (χ4n) is 4.27. The molecule has 33 heavy (non-hydrogen) atoms. The molecule has 1 aliphatic carbocycles. The Morgan fingerprint density at radius 2 is 2.03 bits per heavy atom. The van der Waals surface area contributed by atoms with Crippen LogP contribution < -0.4 is 9.47 Å². The summed E-state index contributed by atoms with van der Waals surface area (Å²) in [5.74, 6) is 1.38. The van der Waals surface area contributed by atoms with E-state index in [1.807, 2.05) is 29.2 Å². The van der Waals surface area contributed by atoms with Crippen LogP contribution in [0.5, 0.6) is 11.5 Å². The first-order valence-corrected chi connectivity index (χ1v) is 12.0. The summed E-state index contributed by atoms with van der Waals surface area (Å²) in [6.07, 6.45) is 4.12. The smallest absolute Gasteiger partial charge is 0.290 e. The van der Waals surface area contributed by atoms with Gasteiger partial charge in [0.15, 0.2) is 5.76 Å². The van der Waals surface area contributed by atoms with Crippen molar-refractivity contribution in [2.45, 2.75) is 31.3 Å². The van der Waals surface area contributed by atoms with Crippen molar-refractivity contribution < 1.29 is 23.5 Å². The van der Waals surface area contributed by atoms with Gasteiger partial charge < -0.3 is 23.7 Å². The van der Waals surface area contributed by atoms with Gasteiger partial charge >= 0.3 is 0 Å². The third kappa shape index (κ3) is 4.61. The molecule has 0 bridgehead atoms. The molecule has 1 atom stereocenters. The van der Waals surface area contributed by atoms with Crippen molar-refractivity contribution in [3.8, 4) is 11.5 Å². The fourth-order valence-corrected chi connectivity index (χ4v) is 5.20. The Hall–Kier alpha value is -3.26. The van der Waals surface area contributed by atoms with Crippen molar-refractivity contribution in [1.29, 1.82) is 0 Å². The van der Waals surface area contributed by atoms with Crippen LogP contribution in [0, 0.1) is 0 Å². The lowest BCUT2D eigenvalue weighted by Crippen LogP contribution is -2.48. The monoisotopic (exact) mass is 466 g/mol. The van der Waals surface area contributed by atoms with Gasteiger partial charge in [0.2, 0.25) is 5.91 Å². The minimum absolute atomic E-state index is 0.0410. The molecular formula is C25H26N2O5S. The van der Waals surface area contributed by atoms with Crippen LogP contribution in [0.2, 0.25) is 0 Å². The second kappa shape index (κ2) is 9.31. The average molecular weight is 467 g/mol. The number of furan rings is 1. The van der Waals surface area contributed by atoms with Gasteiger partial charge in [-0.3, -0.25) is 9.59 Å². The molecule has 8 heteroatoms. The SMILES string of the molecule is COc1cccc(OCC2c3ccsc3CCN2C(=O)CN(C(=O)c2ccco2)C2CC2)c1. The van der Waals surface area contributed by atoms with Gasteiger partial charge in [-0.05, 0) is 60.5 Å². The molecule has 0 spiro atoms. The van der Waals surface area contributed by atoms with Gasteiger partial charge in [0, 0.05) is 23.5 Å². The number of carbonyl (C=O) groups is 2. The van der Waals surface area contributed by atoms with Crippen molar-refractivity contribution in [3.63, 3.8) is 0 Å². The standard InChI is InChI=1S/C25H26N2O5S/c1-30-18-4-2-5-19(14-18)32-16-21-20-10-13-33-23(20)9-11-26(21)24(28)15-27(17-7-8-17)25(29)22-6-3-12-31-22/h2-6,10,12-14,17,21H,7-9,11,15-16H2,1H3. The number of rotatable bonds is 8. The zero-order chi connectivity index (χ0) is 22.8. The van der Waals surface area contributed by atoms with Crippen LogP contribution in [0.15, 0.2) is 58.5 Å². The molecule has 1 aliphatic heterocycles. The highest BCUT2D eigenvalue weighted by Gasteiger charge is 2.38. The number of hydrogen-bond acceptors (Lipinski definition) is 6. The average Bonchev–Trinajstić information content (AvgIpc) is 3.32. The molecule has 3 heterocycles. The van der Waals surface area contributed by atoms with E-state index in [0.29, 0.717) is 18.9 Å². The van der Waals surface area contributed by atoms with E-state index in [4.69, 9.17) is 13.9 Å². The predicted molar refractivity (Wildman–Crippen MR) is 124 cm³/mol. The summed E-state index contributed by atoms with van der Waals surface area (Å²) in [5, 5.41) is 2.06. The maximum atomic E-state index is 13.5. The molecule has 0 N–H and O–H groups in total. The molecule has 3 aromatic rings. The number of amides is 2. The molecule has 172 valence electrons. The largest absolute Gasteiger partial charge is 0.497 e. The van der Waals surface area contributed by atoms with E-state index in [1.54, 1.807) is 35.5 Å². The van der Waals surface area contributed by atoms with Gasteiger partial charge in [-0.15, -0.1) is 11.3 Å². The Balaban J connectivity index is 1.33. The Morgan fingerprint density at radius 3 is 2.79 bits per heavy atom. The normalized spacial score (nSPS) is 17.4. The van der Waals surface area contributed by atoms with Gasteiger partial charge in [0.1, 0.15) is 24.7 Å². The maximum Gasteiger partial charge on any atom is 0.290 e. The van der Waals surface area contributed by atoms with Crippen LogP contribution >= 0.6 is 11.3 Å². The zero-order valence-electron chi connectivity index (χ0n) is 18.4. The minimum atomic E-state index is -0.228. The molecule has 1 unspecified atom stereocenters. The lowest BCUT2D eigenvalue weighted by molar-refractivity contribution is -0.135. The van der Waals surface area contributed by atoms with E-state index in [-0.39, 0.29) is 36.2 Å². The number of thiophene rings is 1. The van der Waals surface area contributed by atoms with Crippen LogP contribution in [0.3, 0.4) is 0 Å². The van der Waals surface area contributed by atoms with E-state index in [9.17, 15) is 9.59 Å². The van der Waals surface area contributed by atoms with Gasteiger partial charge in [0.25, 0.3) is 5.91 Å². The molecule has 2 amide bonds. The van der Waals surface area contributed by atoms with Gasteiger partial charge in [-0.1, -0.05) is 6.07 Å². The summed E-state index contributed by atoms with van der Waals surface area (Å²) in [4.78, 5) is 31.2. The number of ether oxygens (including phenoxy) is 2. The summed E-state index contributed by atoms with van der Waals surface area (Å²) < 4.78 is 16.7. The second-order valence-electron chi connectivity index (χ2n) is 8.28. The molecule has 1 saturated carbocycles. The third-order valence-electron chi connectivity index (χ3n) is 6.15. The number of nitrogens with zero attached hydrogens (tertiary/aromatic N) is 2. The van der Waals surface area contributed by atoms with E-state index < -0.39 is 0 Å². The second-order valence-corrected chi connectivity index (χ2v) is 9.28. The van der Waals surface area contributed by atoms with Crippen molar-refractivity contribution in [3.05, 3.63) is 70.3 Å². The van der Waals surface area contributed by atoms with Crippen molar-refractivity contribution in [2.75, 3.05) is 26.8 Å². The van der Waals surface area contributed by atoms with Gasteiger partial charge in [-0.25, -0.2) is 0 Å². The zero-order valence-corrected chi connectivity index (χ0v) is 19.3. The Kier molecular flexibility index (Phi) is 6.09. The molecule has 0 saturated heterocycles. The summed E-state index contributed by atoms with van der Waals surface area (Å²) >= 11 is 1.71. The highest BCUT2D eigenvalue weighted by Crippen LogP contribution is 2.35. The quantitative estimate of drug-likeness (QED) is 0.499. The van der Waals surface area contributed by atoms with Gasteiger partial charge in [0.05, 0.1) is 19.4 Å². The summed E-state index contributed by atoms with van der Waals surface area (Å²) in [6.45, 7) is 0.976. The van der Waals surface area contributed by atoms with Crippen LogP contribution in [0.25, 0.3) is 0 Å². The Bertz CT molecular complexity index is 1120. The Morgan fingerprint density at radius 1 is 1.18 bits per heavy atom. The molecular weight excluding hydrogens is 440 g/mol. The van der Waals surface area contributed by atoms with E-state index in [0.717, 1.165) is 30.6 Å². The number of hydrogen-bond donors (Lipinski definition) is 0. The van der Waals surface area contributed by atoms with Gasteiger partial charge in [-0.2, -0.15) is 0 Å². The number of fused-ring (bicyclic) bond motifs is 1. The highest BCUT2D eigenvalue weighted by atomic mass is 32.1. The van der Waals surface area contributed by atoms with Crippen molar-refractivity contribution >= 4 is 23.2 Å². The summed E-state index contributed by atoms with van der Waals surface area (Å²) in [6, 6.07) is 12.7. The first-order valence-electron chi connectivity index (χ1n) is 11.1. The molecule has 7 nitrogen and oxygen atoms in total. The molecule has 2 aliphatic rings. The summed E-state index contributed by atoms with van der Waals surface area (Å²) in [5.41, 5.74) is 1.12. The van der Waals surface area contributed by atoms with Crippen LogP contribution in [-0.2, 0) is 11.2 Å². The van der Waals surface area contributed by atoms with E-state index in [2.05, 4.69) is 11.4 Å². The maximum absolute atomic E-state index is 13.5. The fraction of sp³-hybridized carbons (Fsp3) is 0.360. The third-order valence-corrected chi connectivity index (χ3v) is 7.15. The van der Waals surface area contributed by atoms with E-state index >= 15 is 0 Å². The number of methoxy groups -OCH3 is 1. The van der Waals surface area contributed by atoms with Crippen LogP contribution in [-0.4, -0.2) is 54.5 Å². The van der Waals surface area contributed by atoms with Crippen LogP contribution in [0.4, 0.5) is 0 Å². The number of benzene rings is 1. The molecule has 5 rings (SSSR count). The topological polar surface area (TPSA) is 72.2 Å². The number of carbonyl (C=O) groups excluding carboxylic acids is 2. The lowest BCUT2D eigenvalue weighted by atomic mass is 10.0. The molecule has 0 radical (unpaired) electrons. The first kappa shape index (κ1) is 21.6. The summed E-state index contributed by atoms with van der Waals surface area (Å²) in [7, 11) is 1.62. The first-order chi connectivity index (χ1) is 16.1. The molecule has 1 aromatic carbocycles. The van der Waals surface area contributed by atoms with Crippen molar-refractivity contribution in [2.24, 2.45) is 0 Å². The minimum Gasteiger partial charge on any atom is -0.497 e. The molecule has 1 fully saturated rings. The molecule has 2 aromatic heterocycles. The van der Waals surface area contributed by atoms with E-state index in [1.165, 1.54) is 11.1 Å². The van der Waals surface area contributed by atoms with Crippen LogP contribution in [0.1, 0.15) is 39.9 Å². The lowest BCUT2D eigenvalue weighted by Gasteiger charge is -2.37. The Labute approximate surface area is 196 Å². The highest BCUT2D eigenvalue weighted by molar-refractivity contribution is 7.10.